The van der Waals surface area contributed by atoms with E-state index in [2.05, 4.69) is 71.4 Å². The van der Waals surface area contributed by atoms with Crippen molar-refractivity contribution < 1.29 is 20.1 Å². The van der Waals surface area contributed by atoms with Gasteiger partial charge in [-0.2, -0.15) is 30.0 Å². The van der Waals surface area contributed by atoms with Crippen molar-refractivity contribution in [2.75, 3.05) is 0 Å². The molecule has 0 saturated heterocycles. The van der Waals surface area contributed by atoms with Crippen LogP contribution >= 0.6 is 0 Å². The van der Waals surface area contributed by atoms with Gasteiger partial charge in [0.1, 0.15) is 0 Å². The van der Waals surface area contributed by atoms with Crippen LogP contribution in [0.2, 0.25) is 0 Å². The zero-order chi connectivity index (χ0) is 14.1. The molecule has 0 aliphatic carbocycles. The fourth-order valence-corrected chi connectivity index (χ4v) is 2.70. The number of benzene rings is 3. The Morgan fingerprint density at radius 3 is 2.41 bits per heavy atom. The molecular formula is C20H13IrN-2. The van der Waals surface area contributed by atoms with E-state index in [1.807, 2.05) is 24.3 Å². The van der Waals surface area contributed by atoms with E-state index in [1.54, 1.807) is 0 Å². The summed E-state index contributed by atoms with van der Waals surface area (Å²) in [5.74, 6) is 0. The average molecular weight is 460 g/mol. The number of hydrogen-bond donors (Lipinski definition) is 0. The second-order valence-electron chi connectivity index (χ2n) is 4.95. The van der Waals surface area contributed by atoms with Gasteiger partial charge in [-0.05, 0) is 11.5 Å². The van der Waals surface area contributed by atoms with Crippen LogP contribution in [0.1, 0.15) is 0 Å². The molecule has 0 unspecified atom stereocenters. The molecule has 0 fully saturated rings. The van der Waals surface area contributed by atoms with Crippen LogP contribution in [0.25, 0.3) is 27.7 Å². The Bertz CT molecular complexity index is 888. The first kappa shape index (κ1) is 14.8. The molecule has 1 nitrogen and oxygen atoms in total. The number of hydrogen-bond acceptors (Lipinski definition) is 0. The van der Waals surface area contributed by atoms with Crippen molar-refractivity contribution in [2.24, 2.45) is 0 Å². The molecule has 0 atom stereocenters. The predicted octanol–water partition coefficient (Wildman–Crippen LogP) is 4.90. The van der Waals surface area contributed by atoms with Crippen LogP contribution in [-0.2, 0) is 20.1 Å². The summed E-state index contributed by atoms with van der Waals surface area (Å²) in [6, 6.07) is 31.4. The van der Waals surface area contributed by atoms with Crippen molar-refractivity contribution in [3.05, 3.63) is 91.1 Å². The molecule has 0 aliphatic rings. The Hall–Kier alpha value is -2.15. The minimum atomic E-state index is 0. The number of fused-ring (bicyclic) bond motifs is 1. The maximum absolute atomic E-state index is 3.32. The molecule has 1 radical (unpaired) electrons. The normalized spacial score (nSPS) is 10.4. The third-order valence-corrected chi connectivity index (χ3v) is 3.67. The van der Waals surface area contributed by atoms with Gasteiger partial charge < -0.3 is 4.57 Å². The van der Waals surface area contributed by atoms with Crippen LogP contribution in [0.15, 0.2) is 79.0 Å². The Morgan fingerprint density at radius 2 is 1.55 bits per heavy atom. The summed E-state index contributed by atoms with van der Waals surface area (Å²) in [6.07, 6.45) is 2.05. The standard InChI is InChI=1S/C20H13N.Ir/c1-2-9-17(10-3-1)19-14-7-15-21(19)20-13-6-11-16-8-4-5-12-18(16)20;/h1-9,11-13,15H;/q-2;. The van der Waals surface area contributed by atoms with Gasteiger partial charge in [0.25, 0.3) is 0 Å². The minimum absolute atomic E-state index is 0. The first-order chi connectivity index (χ1) is 10.4. The van der Waals surface area contributed by atoms with Crippen LogP contribution in [0.3, 0.4) is 0 Å². The molecule has 22 heavy (non-hydrogen) atoms. The minimum Gasteiger partial charge on any atom is -0.433 e. The largest absolute Gasteiger partial charge is 0.433 e. The average Bonchev–Trinajstić information content (AvgIpc) is 3.04. The van der Waals surface area contributed by atoms with Gasteiger partial charge >= 0.3 is 0 Å². The van der Waals surface area contributed by atoms with Gasteiger partial charge in [-0.25, -0.2) is 17.7 Å². The number of rotatable bonds is 2. The van der Waals surface area contributed by atoms with Gasteiger partial charge in [0.05, 0.1) is 0 Å². The Balaban J connectivity index is 0.00000144. The smallest absolute Gasteiger partial charge is 0.0319 e. The molecule has 3 aromatic carbocycles. The van der Waals surface area contributed by atoms with Crippen LogP contribution in [0, 0.1) is 12.1 Å². The van der Waals surface area contributed by atoms with E-state index >= 15 is 0 Å². The van der Waals surface area contributed by atoms with Gasteiger partial charge in [0.2, 0.25) is 0 Å². The second kappa shape index (κ2) is 6.31. The van der Waals surface area contributed by atoms with Crippen molar-refractivity contribution in [2.45, 2.75) is 0 Å². The Labute approximate surface area is 143 Å². The summed E-state index contributed by atoms with van der Waals surface area (Å²) in [6.45, 7) is 0. The third kappa shape index (κ3) is 2.52. The Morgan fingerprint density at radius 1 is 0.727 bits per heavy atom. The molecule has 0 spiro atoms. The van der Waals surface area contributed by atoms with Crippen molar-refractivity contribution in [3.63, 3.8) is 0 Å². The molecule has 1 aromatic heterocycles. The summed E-state index contributed by atoms with van der Waals surface area (Å²) >= 11 is 0. The SMILES string of the molecule is [Ir].[c-]1ccccc1-c1[c-]ccn1-c1cccc2ccccc12. The van der Waals surface area contributed by atoms with E-state index in [0.29, 0.717) is 0 Å². The quantitative estimate of drug-likeness (QED) is 0.376. The molecule has 109 valence electrons. The van der Waals surface area contributed by atoms with E-state index in [9.17, 15) is 0 Å². The van der Waals surface area contributed by atoms with Crippen molar-refractivity contribution in [1.29, 1.82) is 0 Å². The van der Waals surface area contributed by atoms with Gasteiger partial charge in [-0.15, -0.1) is 6.07 Å². The van der Waals surface area contributed by atoms with Gasteiger partial charge in [-0.3, -0.25) is 0 Å². The summed E-state index contributed by atoms with van der Waals surface area (Å²) in [5.41, 5.74) is 3.25. The van der Waals surface area contributed by atoms with Crippen molar-refractivity contribution >= 4 is 10.8 Å². The van der Waals surface area contributed by atoms with E-state index in [-0.39, 0.29) is 20.1 Å². The fourth-order valence-electron chi connectivity index (χ4n) is 2.70. The molecule has 4 aromatic rings. The van der Waals surface area contributed by atoms with E-state index in [4.69, 9.17) is 0 Å². The summed E-state index contributed by atoms with van der Waals surface area (Å²) in [7, 11) is 0. The molecule has 0 saturated carbocycles. The third-order valence-electron chi connectivity index (χ3n) is 3.67. The molecular weight excluding hydrogens is 446 g/mol. The topological polar surface area (TPSA) is 4.93 Å². The predicted molar refractivity (Wildman–Crippen MR) is 86.4 cm³/mol. The molecule has 1 heterocycles. The van der Waals surface area contributed by atoms with Crippen LogP contribution in [0.5, 0.6) is 0 Å². The summed E-state index contributed by atoms with van der Waals surface area (Å²) in [5, 5.41) is 2.48. The number of aromatic nitrogens is 1. The zero-order valence-electron chi connectivity index (χ0n) is 11.8. The van der Waals surface area contributed by atoms with Gasteiger partial charge in [0.15, 0.2) is 0 Å². The van der Waals surface area contributed by atoms with Crippen molar-refractivity contribution in [3.8, 4) is 16.9 Å². The maximum atomic E-state index is 3.32. The Kier molecular flexibility index (Phi) is 4.24. The zero-order valence-corrected chi connectivity index (χ0v) is 14.2. The molecule has 0 amide bonds. The molecule has 2 heteroatoms. The number of nitrogens with zero attached hydrogens (tertiary/aromatic N) is 1. The summed E-state index contributed by atoms with van der Waals surface area (Å²) in [4.78, 5) is 0. The fraction of sp³-hybridized carbons (Fsp3) is 0. The van der Waals surface area contributed by atoms with E-state index < -0.39 is 0 Å². The van der Waals surface area contributed by atoms with Gasteiger partial charge in [-0.1, -0.05) is 42.6 Å². The summed E-state index contributed by atoms with van der Waals surface area (Å²) < 4.78 is 2.17. The van der Waals surface area contributed by atoms with Crippen LogP contribution < -0.4 is 0 Å². The first-order valence-electron chi connectivity index (χ1n) is 6.98. The van der Waals surface area contributed by atoms with E-state index in [0.717, 1.165) is 11.3 Å². The van der Waals surface area contributed by atoms with Gasteiger partial charge in [0, 0.05) is 31.2 Å². The van der Waals surface area contributed by atoms with Crippen LogP contribution in [-0.4, -0.2) is 4.57 Å². The maximum Gasteiger partial charge on any atom is 0.0319 e. The van der Waals surface area contributed by atoms with Crippen molar-refractivity contribution in [1.82, 2.24) is 4.57 Å². The first-order valence-corrected chi connectivity index (χ1v) is 6.98. The molecule has 0 bridgehead atoms. The molecule has 4 rings (SSSR count). The van der Waals surface area contributed by atoms with Crippen LogP contribution in [0.4, 0.5) is 0 Å². The molecule has 0 N–H and O–H groups in total. The monoisotopic (exact) mass is 460 g/mol. The van der Waals surface area contributed by atoms with E-state index in [1.165, 1.54) is 16.5 Å². The molecule has 0 aliphatic heterocycles. The second-order valence-corrected chi connectivity index (χ2v) is 4.95.